The van der Waals surface area contributed by atoms with Gasteiger partial charge in [0.1, 0.15) is 16.8 Å². The van der Waals surface area contributed by atoms with Gasteiger partial charge in [0, 0.05) is 11.3 Å². The molecule has 2 unspecified atom stereocenters. The van der Waals surface area contributed by atoms with Crippen LogP contribution in [0, 0.1) is 5.41 Å². The van der Waals surface area contributed by atoms with Crippen molar-refractivity contribution in [1.29, 1.82) is 0 Å². The van der Waals surface area contributed by atoms with Gasteiger partial charge in [0.25, 0.3) is 0 Å². The van der Waals surface area contributed by atoms with E-state index >= 15 is 0 Å². The average Bonchev–Trinajstić information content (AvgIpc) is 3.35. The second-order valence-corrected chi connectivity index (χ2v) is 8.30. The van der Waals surface area contributed by atoms with Crippen LogP contribution in [0.4, 0.5) is 0 Å². The molecule has 7 heteroatoms. The summed E-state index contributed by atoms with van der Waals surface area (Å²) in [6, 6.07) is 2.93. The van der Waals surface area contributed by atoms with Gasteiger partial charge in [-0.15, -0.1) is 11.3 Å². The van der Waals surface area contributed by atoms with Crippen molar-refractivity contribution in [2.24, 2.45) is 10.4 Å². The molecule has 0 saturated heterocycles. The molecule has 2 heterocycles. The van der Waals surface area contributed by atoms with Crippen molar-refractivity contribution in [3.63, 3.8) is 0 Å². The number of hydrogen-bond donors (Lipinski definition) is 2. The van der Waals surface area contributed by atoms with Gasteiger partial charge in [-0.3, -0.25) is 9.79 Å². The Hall–Kier alpha value is -2.15. The van der Waals surface area contributed by atoms with Crippen molar-refractivity contribution in [2.45, 2.75) is 64.1 Å². The highest BCUT2D eigenvalue weighted by Crippen LogP contribution is 2.53. The van der Waals surface area contributed by atoms with Crippen LogP contribution in [0.25, 0.3) is 0 Å². The number of allylic oxidation sites excluding steroid dienone is 2. The maximum Gasteiger partial charge on any atom is 0.328 e. The third-order valence-electron chi connectivity index (χ3n) is 5.91. The van der Waals surface area contributed by atoms with Crippen LogP contribution in [0.3, 0.4) is 0 Å². The van der Waals surface area contributed by atoms with Crippen molar-refractivity contribution >= 4 is 29.1 Å². The number of hydrogen-bond acceptors (Lipinski definition) is 5. The van der Waals surface area contributed by atoms with E-state index in [-0.39, 0.29) is 0 Å². The molecular weight excluding hydrogens is 364 g/mol. The zero-order valence-corrected chi connectivity index (χ0v) is 16.5. The number of nitrogens with zero attached hydrogens (tertiary/aromatic N) is 2. The Balaban J connectivity index is 2.13. The minimum Gasteiger partial charge on any atom is -0.481 e. The quantitative estimate of drug-likeness (QED) is 0.659. The van der Waals surface area contributed by atoms with E-state index in [9.17, 15) is 19.8 Å². The zero-order chi connectivity index (χ0) is 19.7. The third kappa shape index (κ3) is 2.98. The fourth-order valence-corrected chi connectivity index (χ4v) is 5.32. The van der Waals surface area contributed by atoms with Crippen LogP contribution in [-0.2, 0) is 16.1 Å². The minimum atomic E-state index is -1.21. The normalized spacial score (nSPS) is 26.4. The SMILES string of the molecule is CCCC1=NC(CC)(C2(C(=O)O)CC=CC2)C(C(=O)O)N1Cc1cccs1. The van der Waals surface area contributed by atoms with E-state index in [1.54, 1.807) is 11.3 Å². The monoisotopic (exact) mass is 390 g/mol. The van der Waals surface area contributed by atoms with E-state index in [0.29, 0.717) is 38.1 Å². The van der Waals surface area contributed by atoms with Gasteiger partial charge in [0.15, 0.2) is 6.04 Å². The molecule has 1 aromatic heterocycles. The number of aliphatic carboxylic acids is 2. The molecule has 2 N–H and O–H groups in total. The second kappa shape index (κ2) is 7.46. The highest BCUT2D eigenvalue weighted by Gasteiger charge is 2.66. The first kappa shape index (κ1) is 19.6. The Morgan fingerprint density at radius 1 is 1.30 bits per heavy atom. The van der Waals surface area contributed by atoms with Crippen molar-refractivity contribution in [3.05, 3.63) is 34.5 Å². The molecule has 0 amide bonds. The van der Waals surface area contributed by atoms with Crippen molar-refractivity contribution in [2.75, 3.05) is 0 Å². The lowest BCUT2D eigenvalue weighted by molar-refractivity contribution is -0.158. The molecule has 6 nitrogen and oxygen atoms in total. The smallest absolute Gasteiger partial charge is 0.328 e. The van der Waals surface area contributed by atoms with Crippen LogP contribution < -0.4 is 0 Å². The number of carboxylic acid groups (broad SMARTS) is 2. The number of rotatable bonds is 8. The summed E-state index contributed by atoms with van der Waals surface area (Å²) in [4.78, 5) is 32.7. The highest BCUT2D eigenvalue weighted by atomic mass is 32.1. The number of amidine groups is 1. The minimum absolute atomic E-state index is 0.315. The van der Waals surface area contributed by atoms with Gasteiger partial charge in [0.2, 0.25) is 0 Å². The number of aliphatic imine (C=N–C) groups is 1. The Labute approximate surface area is 163 Å². The van der Waals surface area contributed by atoms with E-state index in [2.05, 4.69) is 0 Å². The molecule has 0 spiro atoms. The van der Waals surface area contributed by atoms with E-state index in [1.807, 2.05) is 48.4 Å². The van der Waals surface area contributed by atoms with Gasteiger partial charge < -0.3 is 15.1 Å². The molecule has 0 saturated carbocycles. The topological polar surface area (TPSA) is 90.2 Å². The summed E-state index contributed by atoms with van der Waals surface area (Å²) in [5.74, 6) is -1.25. The van der Waals surface area contributed by atoms with Gasteiger partial charge in [-0.25, -0.2) is 4.79 Å². The summed E-state index contributed by atoms with van der Waals surface area (Å²) in [7, 11) is 0. The lowest BCUT2D eigenvalue weighted by Crippen LogP contribution is -2.61. The van der Waals surface area contributed by atoms with Crippen LogP contribution in [0.15, 0.2) is 34.7 Å². The summed E-state index contributed by atoms with van der Waals surface area (Å²) >= 11 is 1.57. The van der Waals surface area contributed by atoms with E-state index in [4.69, 9.17) is 4.99 Å². The molecule has 1 aromatic rings. The Morgan fingerprint density at radius 3 is 2.48 bits per heavy atom. The molecule has 27 heavy (non-hydrogen) atoms. The first-order valence-corrected chi connectivity index (χ1v) is 10.3. The fourth-order valence-electron chi connectivity index (χ4n) is 4.62. The Bertz CT molecular complexity index is 763. The van der Waals surface area contributed by atoms with Crippen molar-refractivity contribution in [1.82, 2.24) is 4.90 Å². The standard InChI is InChI=1S/C20H26N2O4S/c1-3-8-15-21-20(4-2,19(18(25)26)10-5-6-11-19)16(17(23)24)22(15)13-14-9-7-12-27-14/h5-7,9,12,16H,3-4,8,10-11,13H2,1-2H3,(H,23,24)(H,25,26). The molecular formula is C20H26N2O4S. The molecule has 146 valence electrons. The summed E-state index contributed by atoms with van der Waals surface area (Å²) in [5, 5.41) is 22.3. The van der Waals surface area contributed by atoms with Gasteiger partial charge in [-0.1, -0.05) is 32.1 Å². The van der Waals surface area contributed by atoms with E-state index in [0.717, 1.165) is 11.3 Å². The first-order valence-electron chi connectivity index (χ1n) is 9.41. The summed E-state index contributed by atoms with van der Waals surface area (Å²) in [6.45, 7) is 4.33. The number of carbonyl (C=O) groups is 2. The largest absolute Gasteiger partial charge is 0.481 e. The summed E-state index contributed by atoms with van der Waals surface area (Å²) in [6.07, 6.45) is 6.16. The van der Waals surface area contributed by atoms with Crippen LogP contribution in [0.5, 0.6) is 0 Å². The molecule has 2 atom stereocenters. The summed E-state index contributed by atoms with van der Waals surface area (Å²) in [5.41, 5.74) is -2.40. The van der Waals surface area contributed by atoms with Crippen LogP contribution in [0.2, 0.25) is 0 Å². The lowest BCUT2D eigenvalue weighted by atomic mass is 9.63. The second-order valence-electron chi connectivity index (χ2n) is 7.27. The summed E-state index contributed by atoms with van der Waals surface area (Å²) < 4.78 is 0. The molecule has 0 fully saturated rings. The van der Waals surface area contributed by atoms with Gasteiger partial charge >= 0.3 is 11.9 Å². The molecule has 2 aliphatic rings. The fraction of sp³-hybridized carbons (Fsp3) is 0.550. The number of thiophene rings is 1. The maximum absolute atomic E-state index is 12.5. The van der Waals surface area contributed by atoms with Crippen molar-refractivity contribution < 1.29 is 19.8 Å². The van der Waals surface area contributed by atoms with E-state index in [1.165, 1.54) is 0 Å². The van der Waals surface area contributed by atoms with Crippen LogP contribution in [0.1, 0.15) is 50.8 Å². The highest BCUT2D eigenvalue weighted by molar-refractivity contribution is 7.09. The Kier molecular flexibility index (Phi) is 5.42. The number of carboxylic acids is 2. The molecule has 0 aromatic carbocycles. The van der Waals surface area contributed by atoms with Crippen molar-refractivity contribution in [3.8, 4) is 0 Å². The third-order valence-corrected chi connectivity index (χ3v) is 6.78. The van der Waals surface area contributed by atoms with Crippen LogP contribution >= 0.6 is 11.3 Å². The zero-order valence-electron chi connectivity index (χ0n) is 15.7. The predicted octanol–water partition coefficient (Wildman–Crippen LogP) is 3.79. The van der Waals surface area contributed by atoms with Crippen LogP contribution in [-0.4, -0.2) is 44.5 Å². The Morgan fingerprint density at radius 2 is 2.00 bits per heavy atom. The predicted molar refractivity (Wildman–Crippen MR) is 105 cm³/mol. The average molecular weight is 391 g/mol. The van der Waals surface area contributed by atoms with E-state index < -0.39 is 28.9 Å². The van der Waals surface area contributed by atoms with Gasteiger partial charge in [-0.05, 0) is 37.1 Å². The van der Waals surface area contributed by atoms with Gasteiger partial charge in [-0.2, -0.15) is 0 Å². The molecule has 3 rings (SSSR count). The molecule has 1 aliphatic heterocycles. The maximum atomic E-state index is 12.5. The molecule has 0 bridgehead atoms. The molecule has 0 radical (unpaired) electrons. The molecule has 1 aliphatic carbocycles. The van der Waals surface area contributed by atoms with Gasteiger partial charge in [0.05, 0.1) is 6.54 Å². The first-order chi connectivity index (χ1) is 12.9. The lowest BCUT2D eigenvalue weighted by Gasteiger charge is -2.44.